The molecule has 1 aromatic heterocycles. The van der Waals surface area contributed by atoms with Crippen molar-refractivity contribution in [3.05, 3.63) is 41.1 Å². The molecule has 1 aliphatic heterocycles. The molecule has 2 aromatic rings. The van der Waals surface area contributed by atoms with Gasteiger partial charge >= 0.3 is 6.18 Å². The number of aliphatic hydroxyl groups is 4. The van der Waals surface area contributed by atoms with Crippen LogP contribution < -0.4 is 4.74 Å². The molecular weight excluding hydrogens is 453 g/mol. The number of hydrogen-bond donors (Lipinski definition) is 5. The molecule has 5 N–H and O–H groups in total. The van der Waals surface area contributed by atoms with E-state index in [2.05, 4.69) is 5.10 Å². The highest BCUT2D eigenvalue weighted by molar-refractivity contribution is 7.99. The van der Waals surface area contributed by atoms with Crippen LogP contribution in [0.15, 0.2) is 29.2 Å². The predicted octanol–water partition coefficient (Wildman–Crippen LogP) is 1.70. The van der Waals surface area contributed by atoms with Crippen molar-refractivity contribution in [2.24, 2.45) is 0 Å². The number of benzene rings is 1. The number of alkyl halides is 3. The predicted molar refractivity (Wildman–Crippen MR) is 108 cm³/mol. The third-order valence-electron chi connectivity index (χ3n) is 4.88. The van der Waals surface area contributed by atoms with E-state index in [1.54, 1.807) is 23.9 Å². The maximum Gasteiger partial charge on any atom is 0.433 e. The molecule has 1 aliphatic rings. The van der Waals surface area contributed by atoms with Crippen molar-refractivity contribution in [2.75, 3.05) is 6.61 Å². The molecule has 0 spiro atoms. The molecule has 2 heterocycles. The molecule has 178 valence electrons. The van der Waals surface area contributed by atoms with E-state index in [-0.39, 0.29) is 12.0 Å². The molecular formula is C20H25F3N2O6S. The highest BCUT2D eigenvalue weighted by Gasteiger charge is 2.46. The van der Waals surface area contributed by atoms with Crippen LogP contribution >= 0.6 is 11.8 Å². The minimum atomic E-state index is -4.75. The minimum Gasteiger partial charge on any atom is -0.465 e. The standard InChI is InChI=1S/C20H25F3N2O6S/c1-9(2)32-11-5-3-10(4-6-11)7-12-17(20(21,22)23)24-25-18(12)31-16-15(28)14(27)13(8-26)30-19(16)29/h3-6,9,13-16,19,26-29H,7-8H2,1-2H3,(H,24,25)/t13-,14-,15+,16-,19-/m1/s1. The maximum absolute atomic E-state index is 13.5. The van der Waals surface area contributed by atoms with Gasteiger partial charge in [0.25, 0.3) is 0 Å². The first-order valence-corrected chi connectivity index (χ1v) is 10.8. The molecule has 8 nitrogen and oxygen atoms in total. The topological polar surface area (TPSA) is 128 Å². The van der Waals surface area contributed by atoms with Crippen LogP contribution in [0.5, 0.6) is 5.88 Å². The van der Waals surface area contributed by atoms with Crippen molar-refractivity contribution in [2.45, 2.75) is 67.3 Å². The van der Waals surface area contributed by atoms with Gasteiger partial charge in [0.15, 0.2) is 12.4 Å². The lowest BCUT2D eigenvalue weighted by atomic mass is 9.99. The summed E-state index contributed by atoms with van der Waals surface area (Å²) in [5.74, 6) is -0.487. The fourth-order valence-electron chi connectivity index (χ4n) is 3.33. The first kappa shape index (κ1) is 24.8. The molecule has 12 heteroatoms. The number of thioether (sulfide) groups is 1. The van der Waals surface area contributed by atoms with Crippen molar-refractivity contribution in [3.8, 4) is 5.88 Å². The molecule has 3 rings (SSSR count). The second kappa shape index (κ2) is 9.98. The van der Waals surface area contributed by atoms with Crippen LogP contribution in [-0.2, 0) is 17.3 Å². The summed E-state index contributed by atoms with van der Waals surface area (Å²) in [7, 11) is 0. The Bertz CT molecular complexity index is 892. The highest BCUT2D eigenvalue weighted by Crippen LogP contribution is 2.37. The number of aromatic amines is 1. The fourth-order valence-corrected chi connectivity index (χ4v) is 4.17. The van der Waals surface area contributed by atoms with Gasteiger partial charge in [-0.05, 0) is 17.7 Å². The zero-order valence-corrected chi connectivity index (χ0v) is 18.1. The van der Waals surface area contributed by atoms with Crippen LogP contribution in [-0.4, -0.2) is 73.2 Å². The van der Waals surface area contributed by atoms with Gasteiger partial charge in [0, 0.05) is 16.6 Å². The lowest BCUT2D eigenvalue weighted by molar-refractivity contribution is -0.281. The summed E-state index contributed by atoms with van der Waals surface area (Å²) in [4.78, 5) is 0.974. The molecule has 0 radical (unpaired) electrons. The Balaban J connectivity index is 1.87. The molecule has 0 saturated carbocycles. The Hall–Kier alpha value is -1.83. The molecule has 32 heavy (non-hydrogen) atoms. The summed E-state index contributed by atoms with van der Waals surface area (Å²) in [6, 6.07) is 7.01. The van der Waals surface area contributed by atoms with Crippen molar-refractivity contribution < 1.29 is 43.1 Å². The largest absolute Gasteiger partial charge is 0.465 e. The van der Waals surface area contributed by atoms with Gasteiger partial charge < -0.3 is 29.9 Å². The molecule has 0 aliphatic carbocycles. The lowest BCUT2D eigenvalue weighted by Gasteiger charge is -2.39. The van der Waals surface area contributed by atoms with E-state index < -0.39 is 55.1 Å². The van der Waals surface area contributed by atoms with Crippen LogP contribution in [0.3, 0.4) is 0 Å². The third-order valence-corrected chi connectivity index (χ3v) is 5.89. The molecule has 1 aromatic carbocycles. The van der Waals surface area contributed by atoms with Gasteiger partial charge in [-0.1, -0.05) is 26.0 Å². The Morgan fingerprint density at radius 2 is 1.81 bits per heavy atom. The van der Waals surface area contributed by atoms with Crippen LogP contribution in [0, 0.1) is 0 Å². The number of H-pyrrole nitrogens is 1. The molecule has 5 atom stereocenters. The van der Waals surface area contributed by atoms with E-state index in [9.17, 15) is 28.5 Å². The van der Waals surface area contributed by atoms with Gasteiger partial charge in [-0.25, -0.2) is 0 Å². The summed E-state index contributed by atoms with van der Waals surface area (Å²) < 4.78 is 51.0. The van der Waals surface area contributed by atoms with Gasteiger partial charge in [-0.15, -0.1) is 16.9 Å². The van der Waals surface area contributed by atoms with Crippen LogP contribution in [0.2, 0.25) is 0 Å². The summed E-state index contributed by atoms with van der Waals surface area (Å²) in [6.07, 6.45) is -13.0. The van der Waals surface area contributed by atoms with Crippen LogP contribution in [0.1, 0.15) is 30.7 Å². The van der Waals surface area contributed by atoms with Crippen molar-refractivity contribution >= 4 is 11.8 Å². The van der Waals surface area contributed by atoms with Gasteiger partial charge in [0.2, 0.25) is 5.88 Å². The maximum atomic E-state index is 13.5. The Labute approximate surface area is 186 Å². The third kappa shape index (κ3) is 5.56. The van der Waals surface area contributed by atoms with Crippen LogP contribution in [0.25, 0.3) is 0 Å². The molecule has 0 bridgehead atoms. The molecule has 0 amide bonds. The van der Waals surface area contributed by atoms with E-state index >= 15 is 0 Å². The first-order chi connectivity index (χ1) is 15.0. The number of rotatable bonds is 7. The van der Waals surface area contributed by atoms with Gasteiger partial charge in [0.1, 0.15) is 24.0 Å². The SMILES string of the molecule is CC(C)Sc1ccc(Cc2c(O[C@@H]3[C@@H](O)[C@H](O)[C@@H](CO)O[C@H]3O)n[nH]c2C(F)(F)F)cc1. The summed E-state index contributed by atoms with van der Waals surface area (Å²) in [6.45, 7) is 3.38. The monoisotopic (exact) mass is 478 g/mol. The molecule has 1 saturated heterocycles. The van der Waals surface area contributed by atoms with E-state index in [1.165, 1.54) is 0 Å². The smallest absolute Gasteiger partial charge is 0.433 e. The quantitative estimate of drug-likeness (QED) is 0.381. The van der Waals surface area contributed by atoms with Crippen molar-refractivity contribution in [1.82, 2.24) is 10.2 Å². The number of aliphatic hydroxyl groups excluding tert-OH is 4. The van der Waals surface area contributed by atoms with E-state index in [4.69, 9.17) is 14.6 Å². The van der Waals surface area contributed by atoms with Crippen molar-refractivity contribution in [3.63, 3.8) is 0 Å². The fraction of sp³-hybridized carbons (Fsp3) is 0.550. The first-order valence-electron chi connectivity index (χ1n) is 9.88. The zero-order valence-electron chi connectivity index (χ0n) is 17.3. The second-order valence-electron chi connectivity index (χ2n) is 7.68. The Morgan fingerprint density at radius 1 is 1.16 bits per heavy atom. The highest BCUT2D eigenvalue weighted by atomic mass is 32.2. The number of aromatic nitrogens is 2. The molecule has 0 unspecified atom stereocenters. The van der Waals surface area contributed by atoms with Gasteiger partial charge in [-0.3, -0.25) is 5.10 Å². The Kier molecular flexibility index (Phi) is 7.73. The number of halogens is 3. The molecule has 1 fully saturated rings. The van der Waals surface area contributed by atoms with E-state index in [0.29, 0.717) is 10.8 Å². The van der Waals surface area contributed by atoms with Gasteiger partial charge in [0.05, 0.1) is 12.2 Å². The summed E-state index contributed by atoms with van der Waals surface area (Å²) in [5.41, 5.74) is -0.876. The van der Waals surface area contributed by atoms with E-state index in [1.807, 2.05) is 31.1 Å². The Morgan fingerprint density at radius 3 is 2.38 bits per heavy atom. The van der Waals surface area contributed by atoms with E-state index in [0.717, 1.165) is 4.90 Å². The average Bonchev–Trinajstić information content (AvgIpc) is 3.11. The lowest BCUT2D eigenvalue weighted by Crippen LogP contribution is -2.60. The number of nitrogens with zero attached hydrogens (tertiary/aromatic N) is 1. The number of nitrogens with one attached hydrogen (secondary N) is 1. The van der Waals surface area contributed by atoms with Crippen molar-refractivity contribution in [1.29, 1.82) is 0 Å². The number of hydrogen-bond acceptors (Lipinski definition) is 8. The second-order valence-corrected chi connectivity index (χ2v) is 9.33. The summed E-state index contributed by atoms with van der Waals surface area (Å²) >= 11 is 1.62. The normalized spacial score (nSPS) is 26.5. The average molecular weight is 478 g/mol. The summed E-state index contributed by atoms with van der Waals surface area (Å²) in [5, 5.41) is 45.3. The van der Waals surface area contributed by atoms with Crippen LogP contribution in [0.4, 0.5) is 13.2 Å². The number of ether oxygens (including phenoxy) is 2. The zero-order chi connectivity index (χ0) is 23.6. The van der Waals surface area contributed by atoms with Gasteiger partial charge in [-0.2, -0.15) is 13.2 Å². The minimum absolute atomic E-state index is 0.186.